The highest BCUT2D eigenvalue weighted by molar-refractivity contribution is 5.92. The van der Waals surface area contributed by atoms with Gasteiger partial charge in [-0.2, -0.15) is 0 Å². The average Bonchev–Trinajstić information content (AvgIpc) is 3.81. The molecule has 2 aliphatic heterocycles. The predicted octanol–water partition coefficient (Wildman–Crippen LogP) is 4.84. The number of benzene rings is 2. The minimum absolute atomic E-state index is 0.0181. The number of H-pyrrole nitrogens is 1. The number of fused-ring (bicyclic) bond motifs is 1. The van der Waals surface area contributed by atoms with Crippen LogP contribution >= 0.6 is 0 Å². The van der Waals surface area contributed by atoms with E-state index in [1.807, 2.05) is 53.4 Å². The Labute approximate surface area is 270 Å². The second-order valence-electron chi connectivity index (χ2n) is 13.9. The number of nitrogens with one attached hydrogen (secondary N) is 2. The molecule has 0 spiro atoms. The first kappa shape index (κ1) is 30.6. The lowest BCUT2D eigenvalue weighted by molar-refractivity contribution is -0.142. The van der Waals surface area contributed by atoms with E-state index < -0.39 is 0 Å². The number of likely N-dealkylation sites (tertiary alicyclic amines) is 2. The van der Waals surface area contributed by atoms with E-state index in [0.29, 0.717) is 32.4 Å². The zero-order valence-corrected chi connectivity index (χ0v) is 26.6. The molecule has 46 heavy (non-hydrogen) atoms. The van der Waals surface area contributed by atoms with Crippen LogP contribution in [0.4, 0.5) is 0 Å². The van der Waals surface area contributed by atoms with Crippen LogP contribution in [0.1, 0.15) is 93.5 Å². The standard InChI is InChI=1S/C37H45N5O4/c43-33(31-11-5-20-42(31)37(46)27-9-4-10-27)22-25-13-18-29-30(21-25)40-35(39-29)26-14-16-28(17-15-26)38-36(45)32-12-6-19-41(32)34(44)23-24-7-2-1-3-8-24/h1-3,7-8,13,18,21,26-28,31-32H,4-6,9-12,14-17,19-20,22-23H2,(H,38,45)(H,39,40)/t26?,28?,31-,32-/m0/s1. The van der Waals surface area contributed by atoms with Gasteiger partial charge in [-0.05, 0) is 87.5 Å². The first-order valence-electron chi connectivity index (χ1n) is 17.4. The van der Waals surface area contributed by atoms with E-state index in [0.717, 1.165) is 92.2 Å². The molecular weight excluding hydrogens is 578 g/mol. The molecule has 2 N–H and O–H groups in total. The zero-order chi connectivity index (χ0) is 31.6. The van der Waals surface area contributed by atoms with Gasteiger partial charge >= 0.3 is 0 Å². The number of carbonyl (C=O) groups excluding carboxylic acids is 4. The molecule has 7 rings (SSSR count). The lowest BCUT2D eigenvalue weighted by Gasteiger charge is -2.32. The maximum absolute atomic E-state index is 13.3. The second-order valence-corrected chi connectivity index (χ2v) is 13.9. The van der Waals surface area contributed by atoms with E-state index in [9.17, 15) is 19.2 Å². The SMILES string of the molecule is O=C(Cc1ccc2nc(C3CCC(NC(=O)[C@@H]4CCCN4C(=O)Cc4ccccc4)CC3)[nH]c2c1)[C@@H]1CCCN1C(=O)C1CCC1. The van der Waals surface area contributed by atoms with Crippen molar-refractivity contribution in [3.63, 3.8) is 0 Å². The van der Waals surface area contributed by atoms with Gasteiger partial charge in [-0.1, -0.05) is 42.8 Å². The number of rotatable bonds is 9. The van der Waals surface area contributed by atoms with Crippen molar-refractivity contribution in [3.8, 4) is 0 Å². The molecule has 2 aromatic carbocycles. The van der Waals surface area contributed by atoms with Gasteiger partial charge in [-0.3, -0.25) is 19.2 Å². The van der Waals surface area contributed by atoms with Gasteiger partial charge in [0.1, 0.15) is 11.9 Å². The third kappa shape index (κ3) is 6.46. The molecule has 0 unspecified atom stereocenters. The fourth-order valence-corrected chi connectivity index (χ4v) is 7.97. The molecule has 2 atom stereocenters. The van der Waals surface area contributed by atoms with Gasteiger partial charge in [0.15, 0.2) is 5.78 Å². The summed E-state index contributed by atoms with van der Waals surface area (Å²) in [6.45, 7) is 1.34. The first-order valence-corrected chi connectivity index (χ1v) is 17.4. The summed E-state index contributed by atoms with van der Waals surface area (Å²) in [4.78, 5) is 64.5. The van der Waals surface area contributed by atoms with E-state index in [-0.39, 0.29) is 53.5 Å². The van der Waals surface area contributed by atoms with Crippen molar-refractivity contribution in [1.82, 2.24) is 25.1 Å². The largest absolute Gasteiger partial charge is 0.352 e. The molecule has 2 aliphatic carbocycles. The third-order valence-corrected chi connectivity index (χ3v) is 10.8. The number of aromatic nitrogens is 2. The number of hydrogen-bond donors (Lipinski definition) is 2. The Hall–Kier alpha value is -4.01. The fourth-order valence-electron chi connectivity index (χ4n) is 7.97. The van der Waals surface area contributed by atoms with Gasteiger partial charge in [0.25, 0.3) is 0 Å². The first-order chi connectivity index (χ1) is 22.4. The summed E-state index contributed by atoms with van der Waals surface area (Å²) in [7, 11) is 0. The average molecular weight is 624 g/mol. The van der Waals surface area contributed by atoms with Crippen molar-refractivity contribution in [2.75, 3.05) is 13.1 Å². The number of nitrogens with zero attached hydrogens (tertiary/aromatic N) is 3. The van der Waals surface area contributed by atoms with Crippen LogP contribution in [0, 0.1) is 5.92 Å². The van der Waals surface area contributed by atoms with Crippen molar-refractivity contribution < 1.29 is 19.2 Å². The third-order valence-electron chi connectivity index (χ3n) is 10.8. The van der Waals surface area contributed by atoms with Crippen LogP contribution in [-0.4, -0.2) is 74.5 Å². The van der Waals surface area contributed by atoms with Gasteiger partial charge in [0.05, 0.1) is 23.5 Å². The van der Waals surface area contributed by atoms with E-state index in [1.54, 1.807) is 4.90 Å². The Bertz CT molecular complexity index is 1590. The van der Waals surface area contributed by atoms with Crippen LogP contribution in [0.25, 0.3) is 11.0 Å². The van der Waals surface area contributed by atoms with Crippen LogP contribution in [0.5, 0.6) is 0 Å². The second kappa shape index (κ2) is 13.4. The Morgan fingerprint density at radius 2 is 1.50 bits per heavy atom. The molecule has 9 heteroatoms. The van der Waals surface area contributed by atoms with E-state index >= 15 is 0 Å². The highest BCUT2D eigenvalue weighted by atomic mass is 16.2. The number of aromatic amines is 1. The fraction of sp³-hybridized carbons (Fsp3) is 0.541. The van der Waals surface area contributed by atoms with Crippen LogP contribution < -0.4 is 5.32 Å². The molecule has 3 aromatic rings. The van der Waals surface area contributed by atoms with E-state index in [4.69, 9.17) is 4.98 Å². The van der Waals surface area contributed by atoms with Crippen LogP contribution in [0.15, 0.2) is 48.5 Å². The molecule has 1 aromatic heterocycles. The minimum Gasteiger partial charge on any atom is -0.352 e. The smallest absolute Gasteiger partial charge is 0.243 e. The Kier molecular flexibility index (Phi) is 8.91. The normalized spacial score (nSPS) is 25.0. The molecular formula is C37H45N5O4. The number of ketones is 1. The van der Waals surface area contributed by atoms with Gasteiger partial charge in [0, 0.05) is 37.4 Å². The molecule has 3 amide bonds. The Morgan fingerprint density at radius 1 is 0.761 bits per heavy atom. The maximum atomic E-state index is 13.3. The molecule has 0 radical (unpaired) electrons. The Morgan fingerprint density at radius 3 is 2.24 bits per heavy atom. The van der Waals surface area contributed by atoms with Gasteiger partial charge in [0.2, 0.25) is 17.7 Å². The van der Waals surface area contributed by atoms with Gasteiger partial charge in [-0.15, -0.1) is 0 Å². The van der Waals surface area contributed by atoms with Crippen molar-refractivity contribution in [2.24, 2.45) is 5.92 Å². The number of imidazole rings is 1. The summed E-state index contributed by atoms with van der Waals surface area (Å²) in [6, 6.07) is 15.2. The molecule has 9 nitrogen and oxygen atoms in total. The van der Waals surface area contributed by atoms with E-state index in [1.165, 1.54) is 0 Å². The summed E-state index contributed by atoms with van der Waals surface area (Å²) in [5.74, 6) is 1.67. The summed E-state index contributed by atoms with van der Waals surface area (Å²) < 4.78 is 0. The number of carbonyl (C=O) groups is 4. The lowest BCUT2D eigenvalue weighted by atomic mass is 9.84. The molecule has 3 heterocycles. The van der Waals surface area contributed by atoms with Crippen molar-refractivity contribution >= 4 is 34.5 Å². The number of amides is 3. The molecule has 242 valence electrons. The monoisotopic (exact) mass is 623 g/mol. The number of hydrogen-bond acceptors (Lipinski definition) is 5. The lowest BCUT2D eigenvalue weighted by Crippen LogP contribution is -2.49. The van der Waals surface area contributed by atoms with Crippen LogP contribution in [0.2, 0.25) is 0 Å². The van der Waals surface area contributed by atoms with Crippen molar-refractivity contribution in [1.29, 1.82) is 0 Å². The van der Waals surface area contributed by atoms with E-state index in [2.05, 4.69) is 10.3 Å². The van der Waals surface area contributed by atoms with Gasteiger partial charge < -0.3 is 20.1 Å². The van der Waals surface area contributed by atoms with Crippen LogP contribution in [0.3, 0.4) is 0 Å². The molecule has 4 fully saturated rings. The predicted molar refractivity (Wildman–Crippen MR) is 175 cm³/mol. The van der Waals surface area contributed by atoms with Crippen LogP contribution in [-0.2, 0) is 32.0 Å². The molecule has 2 saturated carbocycles. The quantitative estimate of drug-likeness (QED) is 0.354. The Balaban J connectivity index is 0.914. The summed E-state index contributed by atoms with van der Waals surface area (Å²) >= 11 is 0. The highest BCUT2D eigenvalue weighted by Gasteiger charge is 2.39. The summed E-state index contributed by atoms with van der Waals surface area (Å²) in [5, 5.41) is 3.26. The molecule has 2 saturated heterocycles. The van der Waals surface area contributed by atoms with Crippen molar-refractivity contribution in [3.05, 3.63) is 65.5 Å². The van der Waals surface area contributed by atoms with Gasteiger partial charge in [-0.25, -0.2) is 4.98 Å². The summed E-state index contributed by atoms with van der Waals surface area (Å²) in [6.07, 6.45) is 10.5. The molecule has 0 bridgehead atoms. The van der Waals surface area contributed by atoms with Crippen molar-refractivity contribution in [2.45, 2.75) is 108 Å². The number of Topliss-reactive ketones (excluding diaryl/α,β-unsaturated/α-hetero) is 1. The minimum atomic E-state index is -0.384. The topological polar surface area (TPSA) is 115 Å². The maximum Gasteiger partial charge on any atom is 0.243 e. The highest BCUT2D eigenvalue weighted by Crippen LogP contribution is 2.34. The zero-order valence-electron chi connectivity index (χ0n) is 26.6. The molecule has 4 aliphatic rings. The summed E-state index contributed by atoms with van der Waals surface area (Å²) in [5.41, 5.74) is 3.75.